The molecule has 2 N–H and O–H groups in total. The van der Waals surface area contributed by atoms with E-state index in [1.165, 1.54) is 0 Å². The highest BCUT2D eigenvalue weighted by molar-refractivity contribution is 5.70. The first-order chi connectivity index (χ1) is 9.10. The molecule has 0 radical (unpaired) electrons. The highest BCUT2D eigenvalue weighted by atomic mass is 16.5. The zero-order valence-corrected chi connectivity index (χ0v) is 10.4. The first-order valence-corrected chi connectivity index (χ1v) is 5.83. The quantitative estimate of drug-likeness (QED) is 0.842. The van der Waals surface area contributed by atoms with Crippen LogP contribution in [0.1, 0.15) is 11.5 Å². The van der Waals surface area contributed by atoms with Crippen molar-refractivity contribution < 1.29 is 19.5 Å². The normalized spacial score (nSPS) is 12.3. The van der Waals surface area contributed by atoms with Gasteiger partial charge in [0.25, 0.3) is 0 Å². The average molecular weight is 262 g/mol. The van der Waals surface area contributed by atoms with Gasteiger partial charge in [0.15, 0.2) is 0 Å². The minimum Gasteiger partial charge on any atom is -0.481 e. The fourth-order valence-corrected chi connectivity index (χ4v) is 1.72. The maximum atomic E-state index is 10.8. The van der Waals surface area contributed by atoms with E-state index in [9.17, 15) is 4.79 Å². The Hall–Kier alpha value is -2.21. The number of aliphatic carboxylic acids is 1. The first-order valence-electron chi connectivity index (χ1n) is 5.83. The summed E-state index contributed by atoms with van der Waals surface area (Å²) in [4.78, 5) is 14.9. The largest absolute Gasteiger partial charge is 0.481 e. The molecule has 1 unspecified atom stereocenters. The topological polar surface area (TPSA) is 96.5 Å². The van der Waals surface area contributed by atoms with Crippen LogP contribution in [0.3, 0.4) is 0 Å². The summed E-state index contributed by atoms with van der Waals surface area (Å²) < 4.78 is 4.89. The van der Waals surface area contributed by atoms with E-state index in [4.69, 9.17) is 14.7 Å². The van der Waals surface area contributed by atoms with Crippen molar-refractivity contribution in [3.8, 4) is 11.4 Å². The number of hydrogen-bond acceptors (Lipinski definition) is 5. The number of carbonyl (C=O) groups is 1. The number of carboxylic acids is 1. The van der Waals surface area contributed by atoms with Crippen molar-refractivity contribution in [3.63, 3.8) is 0 Å². The van der Waals surface area contributed by atoms with Crippen molar-refractivity contribution in [2.45, 2.75) is 13.3 Å². The standard InChI is InChI=1S/C13H14N2O4/c1-8-14-12(15-19-8)10-4-2-9(3-5-10)6-11(7-16)13(17)18/h2-5,11,16H,6-7H2,1H3,(H,17,18). The van der Waals surface area contributed by atoms with Gasteiger partial charge in [0.05, 0.1) is 12.5 Å². The maximum Gasteiger partial charge on any atom is 0.309 e. The number of aromatic nitrogens is 2. The summed E-state index contributed by atoms with van der Waals surface area (Å²) in [6.07, 6.45) is 0.289. The Balaban J connectivity index is 2.12. The van der Waals surface area contributed by atoms with Crippen molar-refractivity contribution in [3.05, 3.63) is 35.7 Å². The van der Waals surface area contributed by atoms with E-state index in [1.807, 2.05) is 0 Å². The molecule has 6 nitrogen and oxygen atoms in total. The van der Waals surface area contributed by atoms with Gasteiger partial charge in [-0.2, -0.15) is 4.98 Å². The Kier molecular flexibility index (Phi) is 3.91. The third-order valence-electron chi connectivity index (χ3n) is 2.79. The lowest BCUT2D eigenvalue weighted by atomic mass is 9.99. The summed E-state index contributed by atoms with van der Waals surface area (Å²) in [5.74, 6) is -0.787. The predicted octanol–water partition coefficient (Wildman–Crippen LogP) is 1.28. The van der Waals surface area contributed by atoms with Gasteiger partial charge in [0.1, 0.15) is 0 Å². The number of hydrogen-bond donors (Lipinski definition) is 2. The van der Waals surface area contributed by atoms with Crippen LogP contribution in [-0.4, -0.2) is 32.9 Å². The van der Waals surface area contributed by atoms with Crippen molar-refractivity contribution in [1.82, 2.24) is 10.1 Å². The van der Waals surface area contributed by atoms with Gasteiger partial charge in [-0.05, 0) is 12.0 Å². The van der Waals surface area contributed by atoms with E-state index >= 15 is 0 Å². The second-order valence-corrected chi connectivity index (χ2v) is 4.26. The van der Waals surface area contributed by atoms with Crippen LogP contribution in [0.15, 0.2) is 28.8 Å². The monoisotopic (exact) mass is 262 g/mol. The predicted molar refractivity (Wildman–Crippen MR) is 66.4 cm³/mol. The van der Waals surface area contributed by atoms with Crippen LogP contribution in [-0.2, 0) is 11.2 Å². The van der Waals surface area contributed by atoms with Crippen molar-refractivity contribution >= 4 is 5.97 Å². The summed E-state index contributed by atoms with van der Waals surface area (Å²) in [6.45, 7) is 1.34. The van der Waals surface area contributed by atoms with Crippen LogP contribution in [0, 0.1) is 12.8 Å². The first kappa shape index (κ1) is 13.2. The SMILES string of the molecule is Cc1nc(-c2ccc(CC(CO)C(=O)O)cc2)no1. The van der Waals surface area contributed by atoms with Crippen molar-refractivity contribution in [2.75, 3.05) is 6.61 Å². The molecule has 100 valence electrons. The lowest BCUT2D eigenvalue weighted by molar-refractivity contribution is -0.143. The fourth-order valence-electron chi connectivity index (χ4n) is 1.72. The van der Waals surface area contributed by atoms with Crippen LogP contribution >= 0.6 is 0 Å². The Morgan fingerprint density at radius 3 is 2.53 bits per heavy atom. The molecule has 1 aromatic carbocycles. The number of nitrogens with zero attached hydrogens (tertiary/aromatic N) is 2. The molecule has 0 aliphatic carbocycles. The number of rotatable bonds is 5. The molecule has 2 aromatic rings. The summed E-state index contributed by atoms with van der Waals surface area (Å²) in [5, 5.41) is 21.7. The molecule has 0 bridgehead atoms. The molecule has 0 amide bonds. The molecule has 0 fully saturated rings. The molecule has 1 heterocycles. The summed E-state index contributed by atoms with van der Waals surface area (Å²) in [5.41, 5.74) is 1.64. The van der Waals surface area contributed by atoms with Crippen LogP contribution in [0.25, 0.3) is 11.4 Å². The lowest BCUT2D eigenvalue weighted by Crippen LogP contribution is -2.20. The Bertz CT molecular complexity index is 562. The number of benzene rings is 1. The van der Waals surface area contributed by atoms with E-state index < -0.39 is 11.9 Å². The Labute approximate surface area is 109 Å². The van der Waals surface area contributed by atoms with Crippen LogP contribution in [0.2, 0.25) is 0 Å². The molecule has 0 aliphatic rings. The molecule has 0 saturated carbocycles. The van der Waals surface area contributed by atoms with Crippen molar-refractivity contribution in [1.29, 1.82) is 0 Å². The Morgan fingerprint density at radius 2 is 2.05 bits per heavy atom. The van der Waals surface area contributed by atoms with E-state index in [1.54, 1.807) is 31.2 Å². The zero-order chi connectivity index (χ0) is 13.8. The van der Waals surface area contributed by atoms with Crippen LogP contribution in [0.4, 0.5) is 0 Å². The van der Waals surface area contributed by atoms with Crippen molar-refractivity contribution in [2.24, 2.45) is 5.92 Å². The molecule has 19 heavy (non-hydrogen) atoms. The van der Waals surface area contributed by atoms with E-state index in [-0.39, 0.29) is 13.0 Å². The van der Waals surface area contributed by atoms with Gasteiger partial charge >= 0.3 is 5.97 Å². The molecule has 0 saturated heterocycles. The number of carboxylic acid groups (broad SMARTS) is 1. The second-order valence-electron chi connectivity index (χ2n) is 4.26. The number of aliphatic hydroxyl groups is 1. The van der Waals surface area contributed by atoms with Gasteiger partial charge in [-0.15, -0.1) is 0 Å². The molecule has 0 aliphatic heterocycles. The van der Waals surface area contributed by atoms with Gasteiger partial charge in [0, 0.05) is 12.5 Å². The fraction of sp³-hybridized carbons (Fsp3) is 0.308. The van der Waals surface area contributed by atoms with Crippen LogP contribution in [0.5, 0.6) is 0 Å². The molecule has 1 aromatic heterocycles. The maximum absolute atomic E-state index is 10.8. The summed E-state index contributed by atoms with van der Waals surface area (Å²) in [7, 11) is 0. The second kappa shape index (κ2) is 5.62. The minimum absolute atomic E-state index is 0.289. The summed E-state index contributed by atoms with van der Waals surface area (Å²) >= 11 is 0. The molecular weight excluding hydrogens is 248 g/mol. The summed E-state index contributed by atoms with van der Waals surface area (Å²) in [6, 6.07) is 7.20. The minimum atomic E-state index is -1.000. The Morgan fingerprint density at radius 1 is 1.37 bits per heavy atom. The third kappa shape index (κ3) is 3.17. The number of aliphatic hydroxyl groups excluding tert-OH is 1. The molecule has 0 spiro atoms. The van der Waals surface area contributed by atoms with E-state index in [0.717, 1.165) is 11.1 Å². The highest BCUT2D eigenvalue weighted by Gasteiger charge is 2.16. The zero-order valence-electron chi connectivity index (χ0n) is 10.4. The van der Waals surface area contributed by atoms with Gasteiger partial charge < -0.3 is 14.7 Å². The molecule has 6 heteroatoms. The lowest BCUT2D eigenvalue weighted by Gasteiger charge is -2.08. The highest BCUT2D eigenvalue weighted by Crippen LogP contribution is 2.18. The molecule has 1 atom stereocenters. The molecular formula is C13H14N2O4. The molecule has 2 rings (SSSR count). The van der Waals surface area contributed by atoms with Gasteiger partial charge in [-0.1, -0.05) is 29.4 Å². The smallest absolute Gasteiger partial charge is 0.309 e. The average Bonchev–Trinajstić information content (AvgIpc) is 2.83. The van der Waals surface area contributed by atoms with Gasteiger partial charge in [-0.25, -0.2) is 0 Å². The van der Waals surface area contributed by atoms with Crippen LogP contribution < -0.4 is 0 Å². The van der Waals surface area contributed by atoms with Gasteiger partial charge in [-0.3, -0.25) is 4.79 Å². The van der Waals surface area contributed by atoms with Gasteiger partial charge in [0.2, 0.25) is 11.7 Å². The number of aryl methyl sites for hydroxylation is 1. The third-order valence-corrected chi connectivity index (χ3v) is 2.79. The van der Waals surface area contributed by atoms with E-state index in [2.05, 4.69) is 10.1 Å². The van der Waals surface area contributed by atoms with E-state index in [0.29, 0.717) is 11.7 Å².